The molecule has 1 aromatic rings. The number of carbonyl (C=O) groups excluding carboxylic acids is 2. The van der Waals surface area contributed by atoms with Crippen molar-refractivity contribution < 1.29 is 19.1 Å². The van der Waals surface area contributed by atoms with Crippen LogP contribution in [0.3, 0.4) is 0 Å². The lowest BCUT2D eigenvalue weighted by Crippen LogP contribution is -2.50. The molecule has 0 heterocycles. The lowest BCUT2D eigenvalue weighted by molar-refractivity contribution is -0.143. The zero-order valence-electron chi connectivity index (χ0n) is 12.8. The van der Waals surface area contributed by atoms with Gasteiger partial charge in [0.2, 0.25) is 0 Å². The van der Waals surface area contributed by atoms with Crippen LogP contribution >= 0.6 is 0 Å². The summed E-state index contributed by atoms with van der Waals surface area (Å²) in [5, 5.41) is 0. The number of nitrogens with one attached hydrogen (secondary N) is 2. The Hall–Kier alpha value is -2.08. The average molecular weight is 294 g/mol. The van der Waals surface area contributed by atoms with Crippen LogP contribution in [0.4, 0.5) is 4.79 Å². The van der Waals surface area contributed by atoms with Crippen LogP contribution in [-0.4, -0.2) is 30.8 Å². The van der Waals surface area contributed by atoms with Crippen LogP contribution in [0.15, 0.2) is 30.3 Å². The highest BCUT2D eigenvalue weighted by molar-refractivity contribution is 5.76. The number of hydrogen-bond acceptors (Lipinski definition) is 5. The van der Waals surface area contributed by atoms with Gasteiger partial charge in [-0.3, -0.25) is 10.2 Å². The van der Waals surface area contributed by atoms with E-state index < -0.39 is 23.7 Å². The molecule has 0 aliphatic rings. The largest absolute Gasteiger partial charge is 0.468 e. The van der Waals surface area contributed by atoms with Gasteiger partial charge in [-0.15, -0.1) is 0 Å². The zero-order chi connectivity index (χ0) is 15.9. The standard InChI is InChI=1S/C15H22N2O4/c1-15(2,3)21-14(19)17-16-12(13(18)20-4)10-11-8-6-5-7-9-11/h5-9,12,16H,10H2,1-4H3,(H,17,19)/t12-/m1/s1. The number of ether oxygens (including phenoxy) is 2. The Kier molecular flexibility index (Phi) is 6.17. The van der Waals surface area contributed by atoms with Gasteiger partial charge in [-0.05, 0) is 26.3 Å². The van der Waals surface area contributed by atoms with Crippen LogP contribution < -0.4 is 10.9 Å². The molecule has 6 heteroatoms. The first-order valence-electron chi connectivity index (χ1n) is 6.68. The number of benzene rings is 1. The Morgan fingerprint density at radius 3 is 2.33 bits per heavy atom. The fourth-order valence-electron chi connectivity index (χ4n) is 1.63. The first-order valence-corrected chi connectivity index (χ1v) is 6.68. The van der Waals surface area contributed by atoms with Crippen molar-refractivity contribution in [2.75, 3.05) is 7.11 Å². The summed E-state index contributed by atoms with van der Waals surface area (Å²) in [4.78, 5) is 23.3. The van der Waals surface area contributed by atoms with Crippen molar-refractivity contribution in [3.63, 3.8) is 0 Å². The molecule has 0 aliphatic heterocycles. The maximum absolute atomic E-state index is 11.7. The minimum absolute atomic E-state index is 0.392. The highest BCUT2D eigenvalue weighted by Gasteiger charge is 2.22. The van der Waals surface area contributed by atoms with E-state index in [-0.39, 0.29) is 0 Å². The molecule has 0 aliphatic carbocycles. The number of amides is 1. The highest BCUT2D eigenvalue weighted by atomic mass is 16.6. The highest BCUT2D eigenvalue weighted by Crippen LogP contribution is 2.07. The van der Waals surface area contributed by atoms with Crippen LogP contribution in [0.25, 0.3) is 0 Å². The summed E-state index contributed by atoms with van der Waals surface area (Å²) in [7, 11) is 1.30. The predicted molar refractivity (Wildman–Crippen MR) is 78.5 cm³/mol. The summed E-state index contributed by atoms with van der Waals surface area (Å²) in [6.45, 7) is 5.27. The summed E-state index contributed by atoms with van der Waals surface area (Å²) in [5.41, 5.74) is 5.35. The molecule has 21 heavy (non-hydrogen) atoms. The van der Waals surface area contributed by atoms with Crippen LogP contribution in [0.1, 0.15) is 26.3 Å². The van der Waals surface area contributed by atoms with Gasteiger partial charge in [0.1, 0.15) is 11.6 Å². The summed E-state index contributed by atoms with van der Waals surface area (Å²) >= 11 is 0. The van der Waals surface area contributed by atoms with Gasteiger partial charge in [0, 0.05) is 6.42 Å². The molecule has 0 spiro atoms. The molecule has 0 radical (unpaired) electrons. The molecule has 0 bridgehead atoms. The summed E-state index contributed by atoms with van der Waals surface area (Å²) in [6.07, 6.45) is -0.256. The smallest absolute Gasteiger partial charge is 0.422 e. The van der Waals surface area contributed by atoms with Crippen LogP contribution in [0, 0.1) is 0 Å². The molecule has 1 aromatic carbocycles. The maximum Gasteiger partial charge on any atom is 0.422 e. The number of hydrazine groups is 1. The van der Waals surface area contributed by atoms with Crippen molar-refractivity contribution in [2.45, 2.75) is 38.8 Å². The fourth-order valence-corrected chi connectivity index (χ4v) is 1.63. The van der Waals surface area contributed by atoms with E-state index in [1.54, 1.807) is 20.8 Å². The van der Waals surface area contributed by atoms with E-state index in [0.717, 1.165) is 5.56 Å². The van der Waals surface area contributed by atoms with Gasteiger partial charge in [0.15, 0.2) is 0 Å². The number of methoxy groups -OCH3 is 1. The van der Waals surface area contributed by atoms with Crippen LogP contribution in [-0.2, 0) is 20.7 Å². The normalized spacial score (nSPS) is 12.4. The van der Waals surface area contributed by atoms with E-state index in [4.69, 9.17) is 9.47 Å². The summed E-state index contributed by atoms with van der Waals surface area (Å²) in [5.74, 6) is -0.463. The zero-order valence-corrected chi connectivity index (χ0v) is 12.8. The van der Waals surface area contributed by atoms with Crippen molar-refractivity contribution in [2.24, 2.45) is 0 Å². The minimum Gasteiger partial charge on any atom is -0.468 e. The molecule has 1 rings (SSSR count). The van der Waals surface area contributed by atoms with E-state index in [1.807, 2.05) is 30.3 Å². The van der Waals surface area contributed by atoms with E-state index in [1.165, 1.54) is 7.11 Å². The molecule has 1 amide bonds. The Labute approximate surface area is 124 Å². The summed E-state index contributed by atoms with van der Waals surface area (Å²) in [6, 6.07) is 8.75. The van der Waals surface area contributed by atoms with Crippen LogP contribution in [0.5, 0.6) is 0 Å². The van der Waals surface area contributed by atoms with Crippen molar-refractivity contribution in [3.05, 3.63) is 35.9 Å². The minimum atomic E-state index is -0.690. The average Bonchev–Trinajstić information content (AvgIpc) is 2.41. The van der Waals surface area contributed by atoms with Crippen LogP contribution in [0.2, 0.25) is 0 Å². The molecule has 6 nitrogen and oxygen atoms in total. The predicted octanol–water partition coefficient (Wildman–Crippen LogP) is 1.80. The van der Waals surface area contributed by atoms with Gasteiger partial charge in [0.05, 0.1) is 7.11 Å². The first-order chi connectivity index (χ1) is 9.81. The van der Waals surface area contributed by atoms with Gasteiger partial charge in [-0.1, -0.05) is 30.3 Å². The second-order valence-corrected chi connectivity index (χ2v) is 5.54. The van der Waals surface area contributed by atoms with E-state index >= 15 is 0 Å². The third-order valence-electron chi connectivity index (χ3n) is 2.52. The van der Waals surface area contributed by atoms with Crippen molar-refractivity contribution >= 4 is 12.1 Å². The van der Waals surface area contributed by atoms with Crippen molar-refractivity contribution in [1.82, 2.24) is 10.9 Å². The van der Waals surface area contributed by atoms with Gasteiger partial charge in [0.25, 0.3) is 0 Å². The number of rotatable bonds is 5. The Morgan fingerprint density at radius 1 is 1.19 bits per heavy atom. The topological polar surface area (TPSA) is 76.7 Å². The molecule has 116 valence electrons. The summed E-state index contributed by atoms with van der Waals surface area (Å²) < 4.78 is 9.81. The Morgan fingerprint density at radius 2 is 1.81 bits per heavy atom. The first kappa shape index (κ1) is 17.0. The molecule has 0 saturated heterocycles. The van der Waals surface area contributed by atoms with Gasteiger partial charge in [-0.2, -0.15) is 0 Å². The van der Waals surface area contributed by atoms with E-state index in [0.29, 0.717) is 6.42 Å². The third-order valence-corrected chi connectivity index (χ3v) is 2.52. The van der Waals surface area contributed by atoms with E-state index in [9.17, 15) is 9.59 Å². The molecule has 0 fully saturated rings. The lowest BCUT2D eigenvalue weighted by Gasteiger charge is -2.22. The molecule has 1 atom stereocenters. The Bertz CT molecular complexity index is 468. The second kappa shape index (κ2) is 7.64. The number of carbonyl (C=O) groups is 2. The number of esters is 1. The maximum atomic E-state index is 11.7. The van der Waals surface area contributed by atoms with E-state index in [2.05, 4.69) is 10.9 Å². The second-order valence-electron chi connectivity index (χ2n) is 5.54. The Balaban J connectivity index is 2.59. The third kappa shape index (κ3) is 6.76. The molecule has 0 aromatic heterocycles. The quantitative estimate of drug-likeness (QED) is 0.639. The monoisotopic (exact) mass is 294 g/mol. The van der Waals surface area contributed by atoms with Crippen molar-refractivity contribution in [1.29, 1.82) is 0 Å². The molecule has 0 unspecified atom stereocenters. The molecular formula is C15H22N2O4. The molecule has 2 N–H and O–H groups in total. The van der Waals surface area contributed by atoms with Crippen molar-refractivity contribution in [3.8, 4) is 0 Å². The van der Waals surface area contributed by atoms with Gasteiger partial charge in [-0.25, -0.2) is 10.2 Å². The van der Waals surface area contributed by atoms with Gasteiger partial charge < -0.3 is 9.47 Å². The molecule has 0 saturated carbocycles. The SMILES string of the molecule is COC(=O)[C@@H](Cc1ccccc1)NNC(=O)OC(C)(C)C. The lowest BCUT2D eigenvalue weighted by atomic mass is 10.1. The number of hydrogen-bond donors (Lipinski definition) is 2. The fraction of sp³-hybridized carbons (Fsp3) is 0.467. The van der Waals surface area contributed by atoms with Gasteiger partial charge >= 0.3 is 12.1 Å². The molecular weight excluding hydrogens is 272 g/mol.